The quantitative estimate of drug-likeness (QED) is 0.697. The van der Waals surface area contributed by atoms with Crippen molar-refractivity contribution in [3.8, 4) is 0 Å². The summed E-state index contributed by atoms with van der Waals surface area (Å²) in [4.78, 5) is 32.3. The molecule has 5 rings (SSSR count). The van der Waals surface area contributed by atoms with Gasteiger partial charge in [-0.25, -0.2) is 0 Å². The number of hydrogen-bond acceptors (Lipinski definition) is 5. The number of anilines is 1. The van der Waals surface area contributed by atoms with E-state index in [1.165, 1.54) is 16.0 Å². The number of carbonyl (C=O) groups excluding carboxylic acids is 2. The topological polar surface area (TPSA) is 53.1 Å². The number of aryl methyl sites for hydroxylation is 1. The summed E-state index contributed by atoms with van der Waals surface area (Å²) in [5, 5.41) is 0. The van der Waals surface area contributed by atoms with Crippen LogP contribution in [-0.4, -0.2) is 67.0 Å². The maximum absolute atomic E-state index is 13.2. The summed E-state index contributed by atoms with van der Waals surface area (Å²) in [5.41, 5.74) is 4.67. The van der Waals surface area contributed by atoms with Gasteiger partial charge in [0, 0.05) is 39.3 Å². The molecule has 3 aliphatic rings. The molecule has 0 bridgehead atoms. The van der Waals surface area contributed by atoms with Gasteiger partial charge in [-0.2, -0.15) is 0 Å². The fourth-order valence-corrected chi connectivity index (χ4v) is 4.91. The molecular formula is C25H29N3O3. The Morgan fingerprint density at radius 1 is 0.968 bits per heavy atom. The molecule has 3 heterocycles. The van der Waals surface area contributed by atoms with Crippen LogP contribution in [0.3, 0.4) is 0 Å². The number of rotatable bonds is 5. The van der Waals surface area contributed by atoms with Crippen LogP contribution >= 0.6 is 0 Å². The smallest absolute Gasteiger partial charge is 0.263 e. The Hall–Kier alpha value is -2.70. The van der Waals surface area contributed by atoms with Crippen molar-refractivity contribution in [2.75, 3.05) is 44.2 Å². The lowest BCUT2D eigenvalue weighted by Gasteiger charge is -2.37. The molecule has 3 aliphatic heterocycles. The molecule has 6 heteroatoms. The van der Waals surface area contributed by atoms with Crippen LogP contribution in [0.5, 0.6) is 0 Å². The maximum Gasteiger partial charge on any atom is 0.263 e. The first-order valence-electron chi connectivity index (χ1n) is 11.2. The Labute approximate surface area is 183 Å². The molecule has 2 aromatic rings. The van der Waals surface area contributed by atoms with E-state index in [1.807, 2.05) is 12.1 Å². The second kappa shape index (κ2) is 8.44. The summed E-state index contributed by atoms with van der Waals surface area (Å²) < 4.78 is 5.66. The second-order valence-corrected chi connectivity index (χ2v) is 8.75. The highest BCUT2D eigenvalue weighted by Crippen LogP contribution is 2.33. The van der Waals surface area contributed by atoms with Crippen molar-refractivity contribution in [1.29, 1.82) is 0 Å². The van der Waals surface area contributed by atoms with Crippen LogP contribution in [0.15, 0.2) is 42.5 Å². The molecule has 2 amide bonds. The molecule has 1 atom stereocenters. The zero-order valence-electron chi connectivity index (χ0n) is 18.0. The molecule has 6 nitrogen and oxygen atoms in total. The van der Waals surface area contributed by atoms with Crippen LogP contribution in [0.2, 0.25) is 0 Å². The minimum atomic E-state index is -0.185. The molecular weight excluding hydrogens is 390 g/mol. The Balaban J connectivity index is 1.29. The number of imide groups is 1. The SMILES string of the molecule is Cc1ccccc1CN1CCN(c2cccc3c2C(=O)N(CC2CCCO2)C3=O)CC1. The van der Waals surface area contributed by atoms with Crippen molar-refractivity contribution in [1.82, 2.24) is 9.80 Å². The Bertz CT molecular complexity index is 991. The van der Waals surface area contributed by atoms with Gasteiger partial charge in [-0.15, -0.1) is 0 Å². The highest BCUT2D eigenvalue weighted by Gasteiger charge is 2.40. The largest absolute Gasteiger partial charge is 0.376 e. The average Bonchev–Trinajstić information content (AvgIpc) is 3.39. The van der Waals surface area contributed by atoms with Gasteiger partial charge >= 0.3 is 0 Å². The molecule has 31 heavy (non-hydrogen) atoms. The number of nitrogens with zero attached hydrogens (tertiary/aromatic N) is 3. The number of benzene rings is 2. The van der Waals surface area contributed by atoms with Gasteiger partial charge in [0.2, 0.25) is 0 Å². The third kappa shape index (κ3) is 3.86. The summed E-state index contributed by atoms with van der Waals surface area (Å²) in [7, 11) is 0. The summed E-state index contributed by atoms with van der Waals surface area (Å²) in [6.07, 6.45) is 1.87. The lowest BCUT2D eigenvalue weighted by molar-refractivity contribution is 0.0475. The molecule has 162 valence electrons. The van der Waals surface area contributed by atoms with Crippen molar-refractivity contribution in [2.24, 2.45) is 0 Å². The highest BCUT2D eigenvalue weighted by atomic mass is 16.5. The minimum Gasteiger partial charge on any atom is -0.376 e. The molecule has 0 saturated carbocycles. The zero-order chi connectivity index (χ0) is 21.4. The van der Waals surface area contributed by atoms with Gasteiger partial charge in [0.1, 0.15) is 0 Å². The Morgan fingerprint density at radius 2 is 1.77 bits per heavy atom. The van der Waals surface area contributed by atoms with Crippen molar-refractivity contribution in [3.05, 3.63) is 64.7 Å². The highest BCUT2D eigenvalue weighted by molar-refractivity contribution is 6.23. The van der Waals surface area contributed by atoms with E-state index in [0.29, 0.717) is 24.3 Å². The molecule has 0 radical (unpaired) electrons. The molecule has 2 aromatic carbocycles. The monoisotopic (exact) mass is 419 g/mol. The van der Waals surface area contributed by atoms with Crippen molar-refractivity contribution >= 4 is 17.5 Å². The fourth-order valence-electron chi connectivity index (χ4n) is 4.91. The zero-order valence-corrected chi connectivity index (χ0v) is 18.0. The van der Waals surface area contributed by atoms with Gasteiger partial charge in [0.05, 0.1) is 29.5 Å². The number of amides is 2. The number of piperazine rings is 1. The van der Waals surface area contributed by atoms with E-state index in [9.17, 15) is 9.59 Å². The predicted octanol–water partition coefficient (Wildman–Crippen LogP) is 3.09. The van der Waals surface area contributed by atoms with Crippen LogP contribution in [0.25, 0.3) is 0 Å². The minimum absolute atomic E-state index is 0.0318. The lowest BCUT2D eigenvalue weighted by Crippen LogP contribution is -2.46. The fraction of sp³-hybridized carbons (Fsp3) is 0.440. The molecule has 2 saturated heterocycles. The molecule has 0 N–H and O–H groups in total. The van der Waals surface area contributed by atoms with E-state index in [0.717, 1.165) is 51.3 Å². The van der Waals surface area contributed by atoms with E-state index in [2.05, 4.69) is 41.0 Å². The van der Waals surface area contributed by atoms with Crippen LogP contribution in [0.4, 0.5) is 5.69 Å². The summed E-state index contributed by atoms with van der Waals surface area (Å²) >= 11 is 0. The van der Waals surface area contributed by atoms with E-state index in [-0.39, 0.29) is 17.9 Å². The van der Waals surface area contributed by atoms with Gasteiger partial charge in [-0.1, -0.05) is 30.3 Å². The van der Waals surface area contributed by atoms with E-state index >= 15 is 0 Å². The summed E-state index contributed by atoms with van der Waals surface area (Å²) in [6.45, 7) is 7.72. The van der Waals surface area contributed by atoms with Crippen LogP contribution < -0.4 is 4.90 Å². The third-order valence-electron chi connectivity index (χ3n) is 6.76. The van der Waals surface area contributed by atoms with Gasteiger partial charge in [-0.3, -0.25) is 19.4 Å². The number of carbonyl (C=O) groups is 2. The van der Waals surface area contributed by atoms with Crippen LogP contribution in [0.1, 0.15) is 44.7 Å². The lowest BCUT2D eigenvalue weighted by atomic mass is 10.1. The second-order valence-electron chi connectivity index (χ2n) is 8.75. The predicted molar refractivity (Wildman–Crippen MR) is 119 cm³/mol. The van der Waals surface area contributed by atoms with Crippen LogP contribution in [-0.2, 0) is 11.3 Å². The summed E-state index contributed by atoms with van der Waals surface area (Å²) in [6, 6.07) is 14.2. The Morgan fingerprint density at radius 3 is 2.52 bits per heavy atom. The number of ether oxygens (including phenoxy) is 1. The summed E-state index contributed by atoms with van der Waals surface area (Å²) in [5.74, 6) is -0.357. The first-order valence-corrected chi connectivity index (χ1v) is 11.2. The normalized spacial score (nSPS) is 21.8. The van der Waals surface area contributed by atoms with Gasteiger partial charge in [-0.05, 0) is 43.0 Å². The first kappa shape index (κ1) is 20.2. The van der Waals surface area contributed by atoms with E-state index in [1.54, 1.807) is 6.07 Å². The van der Waals surface area contributed by atoms with Crippen LogP contribution in [0, 0.1) is 6.92 Å². The van der Waals surface area contributed by atoms with Gasteiger partial charge < -0.3 is 9.64 Å². The molecule has 0 aromatic heterocycles. The van der Waals surface area contributed by atoms with Crippen molar-refractivity contribution < 1.29 is 14.3 Å². The number of hydrogen-bond donors (Lipinski definition) is 0. The molecule has 2 fully saturated rings. The third-order valence-corrected chi connectivity index (χ3v) is 6.76. The van der Waals surface area contributed by atoms with Crippen molar-refractivity contribution in [2.45, 2.75) is 32.4 Å². The first-order chi connectivity index (χ1) is 15.1. The molecule has 1 unspecified atom stereocenters. The van der Waals surface area contributed by atoms with Gasteiger partial charge in [0.25, 0.3) is 11.8 Å². The van der Waals surface area contributed by atoms with Gasteiger partial charge in [0.15, 0.2) is 0 Å². The maximum atomic E-state index is 13.2. The average molecular weight is 420 g/mol. The van der Waals surface area contributed by atoms with Crippen molar-refractivity contribution in [3.63, 3.8) is 0 Å². The molecule has 0 aliphatic carbocycles. The number of fused-ring (bicyclic) bond motifs is 1. The Kier molecular flexibility index (Phi) is 5.50. The van der Waals surface area contributed by atoms with E-state index < -0.39 is 0 Å². The van der Waals surface area contributed by atoms with E-state index in [4.69, 9.17) is 4.74 Å². The molecule has 0 spiro atoms. The standard InChI is InChI=1S/C25H29N3O3/c1-18-6-2-3-7-19(18)16-26-11-13-27(14-12-26)22-10-4-9-21-23(22)25(30)28(24(21)29)17-20-8-5-15-31-20/h2-4,6-7,9-10,20H,5,8,11-17H2,1H3.